The molecule has 0 saturated carbocycles. The first-order chi connectivity index (χ1) is 11.9. The summed E-state index contributed by atoms with van der Waals surface area (Å²) in [5, 5.41) is 8.41. The van der Waals surface area contributed by atoms with E-state index in [4.69, 9.17) is 0 Å². The van der Waals surface area contributed by atoms with Crippen molar-refractivity contribution in [1.29, 1.82) is 0 Å². The van der Waals surface area contributed by atoms with E-state index in [1.54, 1.807) is 12.1 Å². The zero-order valence-corrected chi connectivity index (χ0v) is 15.1. The lowest BCUT2D eigenvalue weighted by Gasteiger charge is -2.22. The van der Waals surface area contributed by atoms with Crippen molar-refractivity contribution in [2.24, 2.45) is 5.92 Å². The van der Waals surface area contributed by atoms with Crippen molar-refractivity contribution in [1.82, 2.24) is 5.32 Å². The second-order valence-corrected chi connectivity index (χ2v) is 6.49. The van der Waals surface area contributed by atoms with Crippen LogP contribution in [0.1, 0.15) is 25.0 Å². The third-order valence-corrected chi connectivity index (χ3v) is 3.92. The predicted molar refractivity (Wildman–Crippen MR) is 102 cm³/mol. The fourth-order valence-electron chi connectivity index (χ4n) is 2.45. The third kappa shape index (κ3) is 5.35. The van der Waals surface area contributed by atoms with Crippen LogP contribution in [0.15, 0.2) is 48.5 Å². The van der Waals surface area contributed by atoms with E-state index in [1.165, 1.54) is 0 Å². The molecule has 0 radical (unpaired) electrons. The summed E-state index contributed by atoms with van der Waals surface area (Å²) >= 11 is 0. The molecule has 5 heteroatoms. The number of hydrogen-bond donors (Lipinski definition) is 3. The van der Waals surface area contributed by atoms with E-state index in [9.17, 15) is 9.59 Å². The predicted octanol–water partition coefficient (Wildman–Crippen LogP) is 4.09. The first kappa shape index (κ1) is 18.5. The summed E-state index contributed by atoms with van der Waals surface area (Å²) in [6.45, 7) is 7.71. The molecule has 0 spiro atoms. The Morgan fingerprint density at radius 2 is 1.60 bits per heavy atom. The highest BCUT2D eigenvalue weighted by atomic mass is 16.2. The van der Waals surface area contributed by atoms with E-state index < -0.39 is 12.1 Å². The lowest BCUT2D eigenvalue weighted by Crippen LogP contribution is -2.48. The molecule has 0 bridgehead atoms. The SMILES string of the molecule is Cc1ccc(C)c(NC(=O)C(NC(=O)Nc2ccccc2)C(C)C)c1. The van der Waals surface area contributed by atoms with Crippen LogP contribution in [0.3, 0.4) is 0 Å². The summed E-state index contributed by atoms with van der Waals surface area (Å²) in [6.07, 6.45) is 0. The van der Waals surface area contributed by atoms with Gasteiger partial charge in [0.1, 0.15) is 6.04 Å². The van der Waals surface area contributed by atoms with Crippen LogP contribution in [0.4, 0.5) is 16.2 Å². The molecule has 2 aromatic rings. The fourth-order valence-corrected chi connectivity index (χ4v) is 2.45. The van der Waals surface area contributed by atoms with Gasteiger partial charge in [-0.25, -0.2) is 4.79 Å². The monoisotopic (exact) mass is 339 g/mol. The van der Waals surface area contributed by atoms with Crippen molar-refractivity contribution in [3.63, 3.8) is 0 Å². The van der Waals surface area contributed by atoms with Gasteiger partial charge in [-0.05, 0) is 49.1 Å². The second-order valence-electron chi connectivity index (χ2n) is 6.49. The molecule has 3 N–H and O–H groups in total. The van der Waals surface area contributed by atoms with Crippen LogP contribution < -0.4 is 16.0 Å². The summed E-state index contributed by atoms with van der Waals surface area (Å²) in [4.78, 5) is 24.9. The number of hydrogen-bond acceptors (Lipinski definition) is 2. The highest BCUT2D eigenvalue weighted by Gasteiger charge is 2.24. The number of carbonyl (C=O) groups excluding carboxylic acids is 2. The molecule has 0 aliphatic heterocycles. The molecule has 1 atom stereocenters. The Hall–Kier alpha value is -2.82. The zero-order valence-electron chi connectivity index (χ0n) is 15.1. The van der Waals surface area contributed by atoms with Crippen molar-refractivity contribution in [2.45, 2.75) is 33.7 Å². The van der Waals surface area contributed by atoms with Crippen LogP contribution in [0.5, 0.6) is 0 Å². The number of aryl methyl sites for hydroxylation is 2. The van der Waals surface area contributed by atoms with Crippen molar-refractivity contribution in [3.05, 3.63) is 59.7 Å². The van der Waals surface area contributed by atoms with Crippen LogP contribution in [0.25, 0.3) is 0 Å². The maximum Gasteiger partial charge on any atom is 0.319 e. The molecular weight excluding hydrogens is 314 g/mol. The van der Waals surface area contributed by atoms with Gasteiger partial charge in [0, 0.05) is 11.4 Å². The number of benzene rings is 2. The molecule has 0 aliphatic carbocycles. The molecule has 3 amide bonds. The van der Waals surface area contributed by atoms with Gasteiger partial charge >= 0.3 is 6.03 Å². The average molecular weight is 339 g/mol. The standard InChI is InChI=1S/C20H25N3O2/c1-13(2)18(23-20(25)21-16-8-6-5-7-9-16)19(24)22-17-12-14(3)10-11-15(17)4/h5-13,18H,1-4H3,(H,22,24)(H2,21,23,25). The van der Waals surface area contributed by atoms with Crippen LogP contribution >= 0.6 is 0 Å². The van der Waals surface area contributed by atoms with E-state index in [-0.39, 0.29) is 11.8 Å². The molecule has 5 nitrogen and oxygen atoms in total. The average Bonchev–Trinajstić information content (AvgIpc) is 2.56. The van der Waals surface area contributed by atoms with Gasteiger partial charge < -0.3 is 16.0 Å². The summed E-state index contributed by atoms with van der Waals surface area (Å²) in [6, 6.07) is 14.0. The molecule has 2 rings (SSSR count). The van der Waals surface area contributed by atoms with E-state index in [1.807, 2.05) is 64.1 Å². The Kier molecular flexibility index (Phi) is 6.17. The molecule has 132 valence electrons. The zero-order chi connectivity index (χ0) is 18.4. The van der Waals surface area contributed by atoms with Crippen LogP contribution in [-0.4, -0.2) is 18.0 Å². The Bertz CT molecular complexity index is 742. The largest absolute Gasteiger partial charge is 0.326 e. The van der Waals surface area contributed by atoms with Gasteiger partial charge in [0.25, 0.3) is 0 Å². The maximum absolute atomic E-state index is 12.7. The van der Waals surface area contributed by atoms with Crippen LogP contribution in [0.2, 0.25) is 0 Å². The lowest BCUT2D eigenvalue weighted by molar-refractivity contribution is -0.118. The van der Waals surface area contributed by atoms with Crippen molar-refractivity contribution >= 4 is 23.3 Å². The Morgan fingerprint density at radius 3 is 2.24 bits per heavy atom. The number of carbonyl (C=O) groups is 2. The van der Waals surface area contributed by atoms with Crippen LogP contribution in [-0.2, 0) is 4.79 Å². The Labute approximate surface area is 148 Å². The molecular formula is C20H25N3O2. The van der Waals surface area contributed by atoms with Gasteiger partial charge in [-0.3, -0.25) is 4.79 Å². The molecule has 0 aromatic heterocycles. The summed E-state index contributed by atoms with van der Waals surface area (Å²) in [7, 11) is 0. The lowest BCUT2D eigenvalue weighted by atomic mass is 10.0. The van der Waals surface area contributed by atoms with E-state index >= 15 is 0 Å². The third-order valence-electron chi connectivity index (χ3n) is 3.92. The van der Waals surface area contributed by atoms with Gasteiger partial charge in [-0.1, -0.05) is 44.2 Å². The van der Waals surface area contributed by atoms with Crippen molar-refractivity contribution in [3.8, 4) is 0 Å². The van der Waals surface area contributed by atoms with Crippen molar-refractivity contribution < 1.29 is 9.59 Å². The first-order valence-corrected chi connectivity index (χ1v) is 8.37. The molecule has 2 aromatic carbocycles. The number of amides is 3. The molecule has 0 heterocycles. The number of nitrogens with one attached hydrogen (secondary N) is 3. The molecule has 0 aliphatic rings. The topological polar surface area (TPSA) is 70.2 Å². The molecule has 1 unspecified atom stereocenters. The molecule has 0 saturated heterocycles. The van der Waals surface area contributed by atoms with E-state index in [0.29, 0.717) is 5.69 Å². The number of rotatable bonds is 5. The smallest absolute Gasteiger partial charge is 0.319 e. The minimum absolute atomic E-state index is 0.0494. The normalized spacial score (nSPS) is 11.7. The first-order valence-electron chi connectivity index (χ1n) is 8.37. The Morgan fingerprint density at radius 1 is 0.920 bits per heavy atom. The number of urea groups is 1. The van der Waals surface area contributed by atoms with Gasteiger partial charge in [0.2, 0.25) is 5.91 Å². The number of anilines is 2. The molecule has 0 fully saturated rings. The van der Waals surface area contributed by atoms with Gasteiger partial charge in [0.05, 0.1) is 0 Å². The Balaban J connectivity index is 2.05. The van der Waals surface area contributed by atoms with E-state index in [2.05, 4.69) is 16.0 Å². The van der Waals surface area contributed by atoms with Crippen LogP contribution in [0, 0.1) is 19.8 Å². The quantitative estimate of drug-likeness (QED) is 0.768. The minimum atomic E-state index is -0.636. The van der Waals surface area contributed by atoms with Gasteiger partial charge in [-0.15, -0.1) is 0 Å². The van der Waals surface area contributed by atoms with Gasteiger partial charge in [-0.2, -0.15) is 0 Å². The highest BCUT2D eigenvalue weighted by molar-refractivity contribution is 5.99. The number of para-hydroxylation sites is 1. The van der Waals surface area contributed by atoms with Crippen molar-refractivity contribution in [2.75, 3.05) is 10.6 Å². The van der Waals surface area contributed by atoms with Gasteiger partial charge in [0.15, 0.2) is 0 Å². The van der Waals surface area contributed by atoms with E-state index in [0.717, 1.165) is 16.8 Å². The fraction of sp³-hybridized carbons (Fsp3) is 0.300. The minimum Gasteiger partial charge on any atom is -0.326 e. The summed E-state index contributed by atoms with van der Waals surface area (Å²) < 4.78 is 0. The summed E-state index contributed by atoms with van der Waals surface area (Å²) in [5.74, 6) is -0.279. The maximum atomic E-state index is 12.7. The summed E-state index contributed by atoms with van der Waals surface area (Å²) in [5.41, 5.74) is 3.49. The molecule has 25 heavy (non-hydrogen) atoms. The second kappa shape index (κ2) is 8.33. The highest BCUT2D eigenvalue weighted by Crippen LogP contribution is 2.17.